The zero-order valence-corrected chi connectivity index (χ0v) is 19.1. The van der Waals surface area contributed by atoms with Crippen LogP contribution in [0.1, 0.15) is 78.0 Å². The van der Waals surface area contributed by atoms with Gasteiger partial charge >= 0.3 is 0 Å². The molecule has 1 atom stereocenters. The summed E-state index contributed by atoms with van der Waals surface area (Å²) in [5.74, 6) is -0.723. The van der Waals surface area contributed by atoms with Crippen molar-refractivity contribution in [2.45, 2.75) is 51.7 Å². The second kappa shape index (κ2) is 10.6. The number of pyridine rings is 1. The van der Waals surface area contributed by atoms with Gasteiger partial charge in [-0.2, -0.15) is 0 Å². The first-order valence-corrected chi connectivity index (χ1v) is 11.3. The van der Waals surface area contributed by atoms with Gasteiger partial charge in [-0.05, 0) is 24.3 Å². The summed E-state index contributed by atoms with van der Waals surface area (Å²) in [6, 6.07) is 9.23. The van der Waals surface area contributed by atoms with Crippen LogP contribution in [0.25, 0.3) is 0 Å². The van der Waals surface area contributed by atoms with E-state index in [0.29, 0.717) is 12.1 Å². The first-order valence-electron chi connectivity index (χ1n) is 11.3. The van der Waals surface area contributed by atoms with Crippen LogP contribution in [0.4, 0.5) is 0 Å². The highest BCUT2D eigenvalue weighted by atomic mass is 16.3. The number of aliphatic hydroxyl groups is 1. The van der Waals surface area contributed by atoms with Crippen molar-refractivity contribution in [2.24, 2.45) is 5.92 Å². The fourth-order valence-electron chi connectivity index (χ4n) is 4.05. The zero-order chi connectivity index (χ0) is 23.3. The van der Waals surface area contributed by atoms with Crippen LogP contribution in [0.15, 0.2) is 47.5 Å². The highest BCUT2D eigenvalue weighted by molar-refractivity contribution is 5.99. The molecule has 2 aromatic rings. The van der Waals surface area contributed by atoms with Crippen LogP contribution in [0, 0.1) is 5.92 Å². The van der Waals surface area contributed by atoms with Crippen LogP contribution >= 0.6 is 0 Å². The topological polar surface area (TPSA) is 91.6 Å². The molecule has 1 aromatic heterocycles. The summed E-state index contributed by atoms with van der Waals surface area (Å²) in [6.45, 7) is 4.44. The first kappa shape index (κ1) is 23.7. The van der Waals surface area contributed by atoms with E-state index in [9.17, 15) is 19.5 Å². The Bertz CT molecular complexity index is 994. The average molecular weight is 440 g/mol. The monoisotopic (exact) mass is 439 g/mol. The number of likely N-dealkylation sites (N-methyl/N-ethyl adjacent to an activating group) is 1. The Morgan fingerprint density at radius 1 is 1.12 bits per heavy atom. The van der Waals surface area contributed by atoms with E-state index in [0.717, 1.165) is 25.7 Å². The van der Waals surface area contributed by atoms with Gasteiger partial charge in [0.15, 0.2) is 0 Å². The number of hydrogen-bond acceptors (Lipinski definition) is 4. The first-order chi connectivity index (χ1) is 15.3. The number of nitrogens with one attached hydrogen (secondary N) is 1. The summed E-state index contributed by atoms with van der Waals surface area (Å²) in [5, 5.41) is 13.3. The van der Waals surface area contributed by atoms with E-state index in [4.69, 9.17) is 0 Å². The Hall–Kier alpha value is -2.93. The van der Waals surface area contributed by atoms with Crippen molar-refractivity contribution in [1.82, 2.24) is 14.8 Å². The number of amides is 2. The molecule has 3 rings (SSSR count). The number of nitrogens with zero attached hydrogens (tertiary/aromatic N) is 2. The molecule has 1 aliphatic rings. The minimum absolute atomic E-state index is 0.0135. The third-order valence-electron chi connectivity index (χ3n) is 5.92. The number of aromatic nitrogens is 1. The fourth-order valence-corrected chi connectivity index (χ4v) is 4.05. The van der Waals surface area contributed by atoms with Crippen LogP contribution < -0.4 is 10.7 Å². The smallest absolute Gasteiger partial charge is 0.259 e. The molecule has 7 heteroatoms. The molecule has 0 aliphatic heterocycles. The molecule has 1 saturated carbocycles. The maximum absolute atomic E-state index is 13.2. The van der Waals surface area contributed by atoms with E-state index < -0.39 is 23.3 Å². The lowest BCUT2D eigenvalue weighted by Gasteiger charge is -2.23. The van der Waals surface area contributed by atoms with Crippen molar-refractivity contribution < 1.29 is 14.7 Å². The molecule has 32 heavy (non-hydrogen) atoms. The van der Waals surface area contributed by atoms with Crippen molar-refractivity contribution >= 4 is 11.8 Å². The summed E-state index contributed by atoms with van der Waals surface area (Å²) in [7, 11) is 1.55. The number of carbonyl (C=O) groups is 2. The van der Waals surface area contributed by atoms with E-state index in [2.05, 4.69) is 5.32 Å². The molecule has 7 nitrogen and oxygen atoms in total. The Kier molecular flexibility index (Phi) is 7.85. The minimum atomic E-state index is -0.875. The number of benzene rings is 1. The molecule has 0 unspecified atom stereocenters. The van der Waals surface area contributed by atoms with E-state index in [1.54, 1.807) is 31.6 Å². The van der Waals surface area contributed by atoms with E-state index in [1.807, 2.05) is 36.6 Å². The third-order valence-corrected chi connectivity index (χ3v) is 5.92. The van der Waals surface area contributed by atoms with Gasteiger partial charge in [0.2, 0.25) is 5.43 Å². The SMILES string of the molecule is CC(C)CNC(=O)c1cn(C2CCCC2)cc(C(=O)N(C)C[C@@H](O)c2ccccc2)c1=O. The van der Waals surface area contributed by atoms with Crippen molar-refractivity contribution in [3.63, 3.8) is 0 Å². The molecule has 2 N–H and O–H groups in total. The predicted molar refractivity (Wildman–Crippen MR) is 124 cm³/mol. The summed E-state index contributed by atoms with van der Waals surface area (Å²) in [5.41, 5.74) is 0.0566. The van der Waals surface area contributed by atoms with Crippen LogP contribution in [-0.2, 0) is 0 Å². The molecule has 2 amide bonds. The van der Waals surface area contributed by atoms with Gasteiger partial charge in [-0.3, -0.25) is 14.4 Å². The zero-order valence-electron chi connectivity index (χ0n) is 19.1. The summed E-state index contributed by atoms with van der Waals surface area (Å²) < 4.78 is 1.85. The van der Waals surface area contributed by atoms with Crippen molar-refractivity contribution in [3.8, 4) is 0 Å². The van der Waals surface area contributed by atoms with Gasteiger partial charge in [0.1, 0.15) is 11.1 Å². The quantitative estimate of drug-likeness (QED) is 0.661. The maximum atomic E-state index is 13.2. The number of carbonyl (C=O) groups excluding carboxylic acids is 2. The average Bonchev–Trinajstić information content (AvgIpc) is 3.32. The van der Waals surface area contributed by atoms with Gasteiger partial charge in [-0.1, -0.05) is 57.0 Å². The molecule has 1 aromatic carbocycles. The van der Waals surface area contributed by atoms with Gasteiger partial charge in [-0.15, -0.1) is 0 Å². The molecular weight excluding hydrogens is 406 g/mol. The number of hydrogen-bond donors (Lipinski definition) is 2. The molecule has 1 heterocycles. The summed E-state index contributed by atoms with van der Waals surface area (Å²) in [4.78, 5) is 40.4. The van der Waals surface area contributed by atoms with Crippen molar-refractivity contribution in [3.05, 3.63) is 69.6 Å². The summed E-state index contributed by atoms with van der Waals surface area (Å²) in [6.07, 6.45) is 6.35. The lowest BCUT2D eigenvalue weighted by atomic mass is 10.1. The van der Waals surface area contributed by atoms with Crippen LogP contribution in [0.3, 0.4) is 0 Å². The molecule has 0 radical (unpaired) electrons. The molecule has 1 fully saturated rings. The van der Waals surface area contributed by atoms with Crippen LogP contribution in [0.2, 0.25) is 0 Å². The molecule has 0 bridgehead atoms. The predicted octanol–water partition coefficient (Wildman–Crippen LogP) is 3.15. The lowest BCUT2D eigenvalue weighted by Crippen LogP contribution is -2.38. The molecule has 172 valence electrons. The molecule has 0 spiro atoms. The highest BCUT2D eigenvalue weighted by Gasteiger charge is 2.26. The van der Waals surface area contributed by atoms with Gasteiger partial charge in [0, 0.05) is 32.0 Å². The van der Waals surface area contributed by atoms with Gasteiger partial charge in [-0.25, -0.2) is 0 Å². The van der Waals surface area contributed by atoms with Gasteiger partial charge in [0.25, 0.3) is 11.8 Å². The fraction of sp³-hybridized carbons (Fsp3) is 0.480. The van der Waals surface area contributed by atoms with E-state index in [1.165, 1.54) is 4.90 Å². The van der Waals surface area contributed by atoms with Crippen molar-refractivity contribution in [2.75, 3.05) is 20.1 Å². The van der Waals surface area contributed by atoms with Crippen LogP contribution in [-0.4, -0.2) is 46.5 Å². The summed E-state index contributed by atoms with van der Waals surface area (Å²) >= 11 is 0. The largest absolute Gasteiger partial charge is 0.387 e. The molecular formula is C25H33N3O4. The third kappa shape index (κ3) is 5.65. The van der Waals surface area contributed by atoms with Crippen LogP contribution in [0.5, 0.6) is 0 Å². The molecule has 0 saturated heterocycles. The van der Waals surface area contributed by atoms with E-state index in [-0.39, 0.29) is 29.6 Å². The maximum Gasteiger partial charge on any atom is 0.259 e. The Morgan fingerprint density at radius 3 is 2.38 bits per heavy atom. The Balaban J connectivity index is 1.90. The molecule has 1 aliphatic carbocycles. The second-order valence-electron chi connectivity index (χ2n) is 9.02. The second-order valence-corrected chi connectivity index (χ2v) is 9.02. The van der Waals surface area contributed by atoms with Gasteiger partial charge in [0.05, 0.1) is 12.6 Å². The standard InChI is InChI=1S/C25H33N3O4/c1-17(2)13-26-24(31)20-14-28(19-11-7-8-12-19)15-21(23(20)30)25(32)27(3)16-22(29)18-9-5-4-6-10-18/h4-6,9-10,14-15,17,19,22,29H,7-8,11-13,16H2,1-3H3,(H,26,31)/t22-/m1/s1. The Morgan fingerprint density at radius 2 is 1.75 bits per heavy atom. The van der Waals surface area contributed by atoms with Gasteiger partial charge < -0.3 is 19.9 Å². The van der Waals surface area contributed by atoms with E-state index >= 15 is 0 Å². The normalized spacial score (nSPS) is 15.0. The highest BCUT2D eigenvalue weighted by Crippen LogP contribution is 2.29. The Labute approximate surface area is 189 Å². The number of rotatable bonds is 8. The lowest BCUT2D eigenvalue weighted by molar-refractivity contribution is 0.0678. The number of aliphatic hydroxyl groups excluding tert-OH is 1. The van der Waals surface area contributed by atoms with Crippen molar-refractivity contribution in [1.29, 1.82) is 0 Å². The minimum Gasteiger partial charge on any atom is -0.387 e.